The van der Waals surface area contributed by atoms with E-state index in [1.807, 2.05) is 18.0 Å². The van der Waals surface area contributed by atoms with Crippen LogP contribution in [-0.2, 0) is 17.8 Å². The zero-order valence-corrected chi connectivity index (χ0v) is 14.8. The van der Waals surface area contributed by atoms with Gasteiger partial charge in [0.25, 0.3) is 0 Å². The Morgan fingerprint density at radius 1 is 1.29 bits per heavy atom. The van der Waals surface area contributed by atoms with Gasteiger partial charge in [0.1, 0.15) is 0 Å². The molecule has 1 aromatic rings. The average Bonchev–Trinajstić information content (AvgIpc) is 3.45. The van der Waals surface area contributed by atoms with Gasteiger partial charge in [0.2, 0.25) is 0 Å². The summed E-state index contributed by atoms with van der Waals surface area (Å²) in [4.78, 5) is 16.6. The summed E-state index contributed by atoms with van der Waals surface area (Å²) in [5.41, 5.74) is 2.49. The van der Waals surface area contributed by atoms with Crippen LogP contribution >= 0.6 is 0 Å². The van der Waals surface area contributed by atoms with E-state index in [4.69, 9.17) is 4.74 Å². The fourth-order valence-corrected chi connectivity index (χ4v) is 3.26. The Morgan fingerprint density at radius 2 is 1.96 bits per heavy atom. The van der Waals surface area contributed by atoms with Gasteiger partial charge >= 0.3 is 6.03 Å². The molecule has 0 bridgehead atoms. The van der Waals surface area contributed by atoms with Crippen molar-refractivity contribution in [3.63, 3.8) is 0 Å². The van der Waals surface area contributed by atoms with Gasteiger partial charge in [-0.1, -0.05) is 24.3 Å². The predicted molar refractivity (Wildman–Crippen MR) is 94.7 cm³/mol. The Labute approximate surface area is 145 Å². The Balaban J connectivity index is 1.55. The smallest absolute Gasteiger partial charge is 0.317 e. The van der Waals surface area contributed by atoms with E-state index in [9.17, 15) is 4.79 Å². The molecule has 1 saturated heterocycles. The maximum absolute atomic E-state index is 12.4. The Bertz CT molecular complexity index is 553. The third-order valence-electron chi connectivity index (χ3n) is 5.28. The molecule has 0 aromatic heterocycles. The lowest BCUT2D eigenvalue weighted by molar-refractivity contribution is 0.0340. The summed E-state index contributed by atoms with van der Waals surface area (Å²) in [6.45, 7) is 7.21. The number of urea groups is 1. The summed E-state index contributed by atoms with van der Waals surface area (Å²) in [5, 5.41) is 3.08. The molecule has 0 radical (unpaired) electrons. The topological polar surface area (TPSA) is 44.8 Å². The first-order chi connectivity index (χ1) is 11.6. The zero-order chi connectivity index (χ0) is 16.9. The lowest BCUT2D eigenvalue weighted by atomic mass is 10.1. The minimum absolute atomic E-state index is 0.0237. The van der Waals surface area contributed by atoms with Crippen LogP contribution in [-0.4, -0.2) is 55.2 Å². The molecule has 5 heteroatoms. The third-order valence-corrected chi connectivity index (χ3v) is 5.28. The SMILES string of the molecule is CC(C1CC1)N(C)C(=O)NCc1ccccc1CN1CCOCC1. The molecular weight excluding hydrogens is 302 g/mol. The van der Waals surface area contributed by atoms with Gasteiger partial charge in [-0.15, -0.1) is 0 Å². The average molecular weight is 331 g/mol. The lowest BCUT2D eigenvalue weighted by Gasteiger charge is -2.28. The second-order valence-electron chi connectivity index (χ2n) is 7.00. The van der Waals surface area contributed by atoms with Crippen LogP contribution in [0.25, 0.3) is 0 Å². The van der Waals surface area contributed by atoms with Crippen LogP contribution in [0.2, 0.25) is 0 Å². The highest BCUT2D eigenvalue weighted by molar-refractivity contribution is 5.74. The van der Waals surface area contributed by atoms with Crippen molar-refractivity contribution < 1.29 is 9.53 Å². The minimum atomic E-state index is 0.0237. The first-order valence-electron chi connectivity index (χ1n) is 9.02. The van der Waals surface area contributed by atoms with Gasteiger partial charge in [-0.3, -0.25) is 4.90 Å². The van der Waals surface area contributed by atoms with Gasteiger partial charge in [0.05, 0.1) is 13.2 Å². The van der Waals surface area contributed by atoms with Crippen LogP contribution in [0.1, 0.15) is 30.9 Å². The summed E-state index contributed by atoms with van der Waals surface area (Å²) in [7, 11) is 1.90. The number of nitrogens with zero attached hydrogens (tertiary/aromatic N) is 2. The van der Waals surface area contributed by atoms with Crippen molar-refractivity contribution in [2.45, 2.75) is 38.9 Å². The van der Waals surface area contributed by atoms with Crippen molar-refractivity contribution >= 4 is 6.03 Å². The highest BCUT2D eigenvalue weighted by Crippen LogP contribution is 2.34. The Hall–Kier alpha value is -1.59. The largest absolute Gasteiger partial charge is 0.379 e. The van der Waals surface area contributed by atoms with Crippen LogP contribution in [0, 0.1) is 5.92 Å². The van der Waals surface area contributed by atoms with Crippen LogP contribution in [0.5, 0.6) is 0 Å². The van der Waals surface area contributed by atoms with E-state index >= 15 is 0 Å². The van der Waals surface area contributed by atoms with E-state index in [-0.39, 0.29) is 6.03 Å². The van der Waals surface area contributed by atoms with E-state index in [1.54, 1.807) is 0 Å². The molecule has 1 unspecified atom stereocenters. The van der Waals surface area contributed by atoms with Crippen molar-refractivity contribution in [2.24, 2.45) is 5.92 Å². The van der Waals surface area contributed by atoms with Crippen LogP contribution < -0.4 is 5.32 Å². The van der Waals surface area contributed by atoms with Crippen LogP contribution in [0.4, 0.5) is 4.79 Å². The number of hydrogen-bond acceptors (Lipinski definition) is 3. The number of nitrogens with one attached hydrogen (secondary N) is 1. The van der Waals surface area contributed by atoms with Gasteiger partial charge in [-0.2, -0.15) is 0 Å². The highest BCUT2D eigenvalue weighted by atomic mass is 16.5. The van der Waals surface area contributed by atoms with Gasteiger partial charge < -0.3 is 15.0 Å². The van der Waals surface area contributed by atoms with Gasteiger partial charge in [0, 0.05) is 39.3 Å². The van der Waals surface area contributed by atoms with Crippen molar-refractivity contribution in [3.8, 4) is 0 Å². The summed E-state index contributed by atoms with van der Waals surface area (Å²) in [5.74, 6) is 0.689. The van der Waals surface area contributed by atoms with Crippen LogP contribution in [0.15, 0.2) is 24.3 Å². The van der Waals surface area contributed by atoms with Crippen molar-refractivity contribution in [1.29, 1.82) is 0 Å². The molecule has 2 fully saturated rings. The zero-order valence-electron chi connectivity index (χ0n) is 14.8. The van der Waals surface area contributed by atoms with Gasteiger partial charge in [-0.25, -0.2) is 4.79 Å². The highest BCUT2D eigenvalue weighted by Gasteiger charge is 2.32. The molecule has 132 valence electrons. The van der Waals surface area contributed by atoms with E-state index in [1.165, 1.54) is 24.0 Å². The summed E-state index contributed by atoms with van der Waals surface area (Å²) >= 11 is 0. The molecule has 1 N–H and O–H groups in total. The summed E-state index contributed by atoms with van der Waals surface area (Å²) < 4.78 is 5.42. The van der Waals surface area contributed by atoms with E-state index in [0.717, 1.165) is 32.8 Å². The summed E-state index contributed by atoms with van der Waals surface area (Å²) in [6, 6.07) is 8.74. The number of rotatable bonds is 6. The number of hydrogen-bond donors (Lipinski definition) is 1. The minimum Gasteiger partial charge on any atom is -0.379 e. The molecule has 1 saturated carbocycles. The third kappa shape index (κ3) is 4.48. The van der Waals surface area contributed by atoms with Gasteiger partial charge in [0.15, 0.2) is 0 Å². The quantitative estimate of drug-likeness (QED) is 0.871. The first kappa shape index (κ1) is 17.2. The van der Waals surface area contributed by atoms with Crippen LogP contribution in [0.3, 0.4) is 0 Å². The molecule has 1 aliphatic carbocycles. The molecule has 1 aromatic carbocycles. The molecule has 2 amide bonds. The number of ether oxygens (including phenoxy) is 1. The number of morpholine rings is 1. The molecule has 3 rings (SSSR count). The normalized spacial score (nSPS) is 19.8. The molecule has 1 heterocycles. The van der Waals surface area contributed by atoms with E-state index in [2.05, 4.69) is 35.3 Å². The standard InChI is InChI=1S/C19H29N3O2/c1-15(16-7-8-16)21(2)19(23)20-13-17-5-3-4-6-18(17)14-22-9-11-24-12-10-22/h3-6,15-16H,7-14H2,1-2H3,(H,20,23). The first-order valence-corrected chi connectivity index (χ1v) is 9.02. The maximum atomic E-state index is 12.4. The monoisotopic (exact) mass is 331 g/mol. The lowest BCUT2D eigenvalue weighted by Crippen LogP contribution is -2.43. The fourth-order valence-electron chi connectivity index (χ4n) is 3.26. The predicted octanol–water partition coefficient (Wildman–Crippen LogP) is 2.46. The Morgan fingerprint density at radius 3 is 2.62 bits per heavy atom. The number of carbonyl (C=O) groups is 1. The number of carbonyl (C=O) groups excluding carboxylic acids is 1. The van der Waals surface area contributed by atoms with Gasteiger partial charge in [-0.05, 0) is 36.8 Å². The molecule has 1 aliphatic heterocycles. The molecule has 2 aliphatic rings. The summed E-state index contributed by atoms with van der Waals surface area (Å²) in [6.07, 6.45) is 2.50. The fraction of sp³-hybridized carbons (Fsp3) is 0.632. The molecule has 24 heavy (non-hydrogen) atoms. The molecule has 1 atom stereocenters. The molecule has 5 nitrogen and oxygen atoms in total. The van der Waals surface area contributed by atoms with Crippen molar-refractivity contribution in [3.05, 3.63) is 35.4 Å². The Kier molecular flexibility index (Phi) is 5.74. The second kappa shape index (κ2) is 7.99. The van der Waals surface area contributed by atoms with E-state index in [0.29, 0.717) is 18.5 Å². The number of amides is 2. The van der Waals surface area contributed by atoms with Crippen molar-refractivity contribution in [1.82, 2.24) is 15.1 Å². The second-order valence-corrected chi connectivity index (χ2v) is 7.00. The molecular formula is C19H29N3O2. The maximum Gasteiger partial charge on any atom is 0.317 e. The number of benzene rings is 1. The molecule has 0 spiro atoms. The van der Waals surface area contributed by atoms with Crippen molar-refractivity contribution in [2.75, 3.05) is 33.4 Å². The van der Waals surface area contributed by atoms with E-state index < -0.39 is 0 Å².